The maximum Gasteiger partial charge on any atom is 0.487 e. The van der Waals surface area contributed by atoms with Crippen LogP contribution in [0.4, 0.5) is 0 Å². The number of fused-ring (bicyclic) bond motifs is 1. The number of aromatic nitrogens is 1. The third kappa shape index (κ3) is 2.74. The van der Waals surface area contributed by atoms with Gasteiger partial charge >= 0.3 is 7.12 Å². The molecule has 0 saturated carbocycles. The van der Waals surface area contributed by atoms with Crippen LogP contribution in [0.2, 0.25) is 0 Å². The van der Waals surface area contributed by atoms with Gasteiger partial charge in [-0.1, -0.05) is 24.2 Å². The molecule has 3 rings (SSSR count). The average Bonchev–Trinajstić information content (AvgIpc) is 2.64. The maximum atomic E-state index is 5.95. The van der Waals surface area contributed by atoms with Crippen molar-refractivity contribution < 1.29 is 9.31 Å². The topological polar surface area (TPSA) is 31.4 Å². The van der Waals surface area contributed by atoms with Crippen LogP contribution in [0.3, 0.4) is 0 Å². The summed E-state index contributed by atoms with van der Waals surface area (Å²) in [6.45, 7) is 8.23. The van der Waals surface area contributed by atoms with Crippen molar-refractivity contribution in [1.29, 1.82) is 0 Å². The predicted molar refractivity (Wildman–Crippen MR) is 86.9 cm³/mol. The highest BCUT2D eigenvalue weighted by molar-refractivity contribution is 6.52. The van der Waals surface area contributed by atoms with Gasteiger partial charge in [-0.3, -0.25) is 4.98 Å². The lowest BCUT2D eigenvalue weighted by atomic mass is 9.89. The van der Waals surface area contributed by atoms with Gasteiger partial charge in [-0.2, -0.15) is 0 Å². The van der Waals surface area contributed by atoms with Crippen molar-refractivity contribution in [3.63, 3.8) is 0 Å². The first-order valence-corrected chi connectivity index (χ1v) is 7.26. The van der Waals surface area contributed by atoms with Gasteiger partial charge in [-0.15, -0.1) is 0 Å². The summed E-state index contributed by atoms with van der Waals surface area (Å²) in [6.07, 6.45) is 3.84. The molecular formula is C17H20BNO2. The zero-order chi connectivity index (χ0) is 15.1. The smallest absolute Gasteiger partial charge is 0.400 e. The molecule has 21 heavy (non-hydrogen) atoms. The molecule has 1 fully saturated rings. The fraction of sp³-hybridized carbons (Fsp3) is 0.353. The molecule has 0 N–H and O–H groups in total. The number of benzene rings is 1. The SMILES string of the molecule is CC1(C)OB(/C=C/c2ccc3ncccc3c2)OC1(C)C. The van der Waals surface area contributed by atoms with E-state index >= 15 is 0 Å². The van der Waals surface area contributed by atoms with Crippen LogP contribution in [0.15, 0.2) is 42.5 Å². The second-order valence-electron chi connectivity index (χ2n) is 6.44. The lowest BCUT2D eigenvalue weighted by molar-refractivity contribution is 0.00578. The number of nitrogens with zero attached hydrogens (tertiary/aromatic N) is 1. The molecule has 1 aliphatic rings. The molecule has 1 aliphatic heterocycles. The lowest BCUT2D eigenvalue weighted by Gasteiger charge is -2.32. The van der Waals surface area contributed by atoms with Gasteiger partial charge in [0.2, 0.25) is 0 Å². The van der Waals surface area contributed by atoms with Crippen LogP contribution in [0.5, 0.6) is 0 Å². The van der Waals surface area contributed by atoms with Crippen LogP contribution < -0.4 is 0 Å². The van der Waals surface area contributed by atoms with E-state index in [1.807, 2.05) is 30.4 Å². The highest BCUT2D eigenvalue weighted by Crippen LogP contribution is 2.37. The zero-order valence-electron chi connectivity index (χ0n) is 13.0. The lowest BCUT2D eigenvalue weighted by Crippen LogP contribution is -2.41. The van der Waals surface area contributed by atoms with Crippen LogP contribution in [0, 0.1) is 0 Å². The van der Waals surface area contributed by atoms with Gasteiger partial charge in [-0.05, 0) is 51.5 Å². The fourth-order valence-corrected chi connectivity index (χ4v) is 2.35. The molecule has 0 atom stereocenters. The molecule has 1 saturated heterocycles. The standard InChI is InChI=1S/C17H20BNO2/c1-16(2)17(3,4)21-18(20-16)10-9-13-7-8-15-14(12-13)6-5-11-19-15/h5-12H,1-4H3/b10-9+. The molecule has 0 amide bonds. The van der Waals surface area contributed by atoms with E-state index in [-0.39, 0.29) is 18.3 Å². The molecule has 2 aromatic rings. The second-order valence-corrected chi connectivity index (χ2v) is 6.44. The first-order chi connectivity index (χ1) is 9.87. The van der Waals surface area contributed by atoms with Crippen LogP contribution in [0.25, 0.3) is 17.0 Å². The molecule has 108 valence electrons. The molecule has 1 aromatic carbocycles. The van der Waals surface area contributed by atoms with Crippen LogP contribution in [0.1, 0.15) is 33.3 Å². The number of pyridine rings is 1. The normalized spacial score (nSPS) is 20.5. The summed E-state index contributed by atoms with van der Waals surface area (Å²) < 4.78 is 11.9. The number of hydrogen-bond acceptors (Lipinski definition) is 3. The minimum Gasteiger partial charge on any atom is -0.400 e. The van der Waals surface area contributed by atoms with Crippen LogP contribution in [-0.4, -0.2) is 23.3 Å². The Bertz CT molecular complexity index is 678. The third-order valence-corrected chi connectivity index (χ3v) is 4.34. The number of hydrogen-bond donors (Lipinski definition) is 0. The second kappa shape index (κ2) is 4.97. The van der Waals surface area contributed by atoms with Gasteiger partial charge in [-0.25, -0.2) is 0 Å². The monoisotopic (exact) mass is 281 g/mol. The minimum atomic E-state index is -0.306. The highest BCUT2D eigenvalue weighted by Gasteiger charge is 2.49. The van der Waals surface area contributed by atoms with E-state index in [0.29, 0.717) is 0 Å². The molecule has 0 unspecified atom stereocenters. The first-order valence-electron chi connectivity index (χ1n) is 7.26. The average molecular weight is 281 g/mol. The van der Waals surface area contributed by atoms with Gasteiger partial charge in [0, 0.05) is 11.6 Å². The van der Waals surface area contributed by atoms with Gasteiger partial charge in [0.25, 0.3) is 0 Å². The molecular weight excluding hydrogens is 261 g/mol. The largest absolute Gasteiger partial charge is 0.487 e. The van der Waals surface area contributed by atoms with Crippen molar-refractivity contribution in [3.8, 4) is 0 Å². The summed E-state index contributed by atoms with van der Waals surface area (Å²) in [5.41, 5.74) is 1.53. The van der Waals surface area contributed by atoms with Gasteiger partial charge in [0.15, 0.2) is 0 Å². The quantitative estimate of drug-likeness (QED) is 0.783. The summed E-state index contributed by atoms with van der Waals surface area (Å²) in [6, 6.07) is 10.2. The molecule has 4 heteroatoms. The van der Waals surface area contributed by atoms with Crippen molar-refractivity contribution in [1.82, 2.24) is 4.98 Å². The summed E-state index contributed by atoms with van der Waals surface area (Å²) in [5, 5.41) is 1.13. The van der Waals surface area contributed by atoms with E-state index in [0.717, 1.165) is 16.5 Å². The van der Waals surface area contributed by atoms with Crippen LogP contribution >= 0.6 is 0 Å². The first kappa shape index (κ1) is 14.3. The summed E-state index contributed by atoms with van der Waals surface area (Å²) >= 11 is 0. The van der Waals surface area contributed by atoms with Gasteiger partial charge in [0.1, 0.15) is 0 Å². The Hall–Kier alpha value is -1.65. The Morgan fingerprint density at radius 1 is 1.05 bits per heavy atom. The molecule has 0 aliphatic carbocycles. The molecule has 0 spiro atoms. The van der Waals surface area contributed by atoms with E-state index < -0.39 is 0 Å². The molecule has 0 radical (unpaired) electrons. The van der Waals surface area contributed by atoms with E-state index in [9.17, 15) is 0 Å². The fourth-order valence-electron chi connectivity index (χ4n) is 2.35. The summed E-state index contributed by atoms with van der Waals surface area (Å²) in [4.78, 5) is 4.32. The van der Waals surface area contributed by atoms with Crippen molar-refractivity contribution in [2.75, 3.05) is 0 Å². The van der Waals surface area contributed by atoms with E-state index in [1.54, 1.807) is 0 Å². The Morgan fingerprint density at radius 3 is 2.48 bits per heavy atom. The Labute approximate surface area is 126 Å². The van der Waals surface area contributed by atoms with Crippen molar-refractivity contribution in [2.45, 2.75) is 38.9 Å². The third-order valence-electron chi connectivity index (χ3n) is 4.34. The molecule has 3 nitrogen and oxygen atoms in total. The minimum absolute atomic E-state index is 0.296. The van der Waals surface area contributed by atoms with Crippen molar-refractivity contribution in [2.24, 2.45) is 0 Å². The molecule has 2 heterocycles. The summed E-state index contributed by atoms with van der Waals surface area (Å²) in [5.74, 6) is 1.97. The summed E-state index contributed by atoms with van der Waals surface area (Å²) in [7, 11) is -0.306. The Balaban J connectivity index is 1.79. The Kier molecular flexibility index (Phi) is 3.38. The van der Waals surface area contributed by atoms with Crippen molar-refractivity contribution in [3.05, 3.63) is 48.1 Å². The molecule has 0 bridgehead atoms. The van der Waals surface area contributed by atoms with Crippen LogP contribution in [-0.2, 0) is 9.31 Å². The predicted octanol–water partition coefficient (Wildman–Crippen LogP) is 3.88. The van der Waals surface area contributed by atoms with E-state index in [1.165, 1.54) is 0 Å². The van der Waals surface area contributed by atoms with E-state index in [2.05, 4.69) is 50.9 Å². The van der Waals surface area contributed by atoms with Gasteiger partial charge < -0.3 is 9.31 Å². The maximum absolute atomic E-state index is 5.95. The molecule has 1 aromatic heterocycles. The zero-order valence-corrected chi connectivity index (χ0v) is 13.0. The number of rotatable bonds is 2. The highest BCUT2D eigenvalue weighted by atomic mass is 16.7. The van der Waals surface area contributed by atoms with Crippen molar-refractivity contribution >= 4 is 24.1 Å². The Morgan fingerprint density at radius 2 is 1.76 bits per heavy atom. The van der Waals surface area contributed by atoms with Gasteiger partial charge in [0.05, 0.1) is 16.7 Å². The van der Waals surface area contributed by atoms with E-state index in [4.69, 9.17) is 9.31 Å².